The molecule has 1 atom stereocenters. The number of carboxylic acid groups (broad SMARTS) is 1. The molecule has 0 spiro atoms. The van der Waals surface area contributed by atoms with E-state index in [4.69, 9.17) is 4.74 Å². The summed E-state index contributed by atoms with van der Waals surface area (Å²) < 4.78 is 5.96. The zero-order valence-electron chi connectivity index (χ0n) is 17.3. The first-order valence-electron chi connectivity index (χ1n) is 10.0. The molecule has 154 valence electrons. The molecule has 0 radical (unpaired) electrons. The molecule has 4 nitrogen and oxygen atoms in total. The Kier molecular flexibility index (Phi) is 7.02. The molecule has 3 rings (SSSR count). The van der Waals surface area contributed by atoms with E-state index >= 15 is 0 Å². The Hall–Kier alpha value is -3.40. The minimum Gasteiger partial charge on any atom is -0.550 e. The average Bonchev–Trinajstić information content (AvgIpc) is 2.75. The Bertz CT molecular complexity index is 1020. The van der Waals surface area contributed by atoms with Crippen molar-refractivity contribution in [3.63, 3.8) is 0 Å². The van der Waals surface area contributed by atoms with Crippen LogP contribution in [0.1, 0.15) is 51.4 Å². The quantitative estimate of drug-likeness (QED) is 0.499. The number of aliphatic carboxylic acids is 1. The van der Waals surface area contributed by atoms with Crippen molar-refractivity contribution >= 4 is 11.8 Å². The van der Waals surface area contributed by atoms with E-state index in [1.165, 1.54) is 0 Å². The summed E-state index contributed by atoms with van der Waals surface area (Å²) in [6.07, 6.45) is 0.0219. The Morgan fingerprint density at radius 1 is 0.900 bits per heavy atom. The van der Waals surface area contributed by atoms with Gasteiger partial charge in [-0.2, -0.15) is 0 Å². The lowest BCUT2D eigenvalue weighted by molar-refractivity contribution is -0.305. The monoisotopic (exact) mass is 401 g/mol. The van der Waals surface area contributed by atoms with Gasteiger partial charge in [-0.05, 0) is 55.0 Å². The fourth-order valence-electron chi connectivity index (χ4n) is 3.51. The Balaban J connectivity index is 1.86. The third-order valence-corrected chi connectivity index (χ3v) is 5.23. The van der Waals surface area contributed by atoms with Crippen LogP contribution >= 0.6 is 0 Å². The number of hydrogen-bond donors (Lipinski definition) is 0. The standard InChI is InChI=1S/C26H26O4/c1-18-8-6-7-11-22(18)23(14-15-25(27)28)26(29)21-13-12-19(2)24(16-21)30-17-20-9-4-3-5-10-20/h3-13,16,23H,14-15,17H2,1-2H3,(H,27,28)/p-1. The van der Waals surface area contributed by atoms with Gasteiger partial charge in [-0.3, -0.25) is 4.79 Å². The molecule has 0 N–H and O–H groups in total. The molecule has 0 heterocycles. The fraction of sp³-hybridized carbons (Fsp3) is 0.231. The van der Waals surface area contributed by atoms with E-state index in [-0.39, 0.29) is 18.6 Å². The van der Waals surface area contributed by atoms with Crippen molar-refractivity contribution in [2.45, 2.75) is 39.2 Å². The molecule has 1 unspecified atom stereocenters. The van der Waals surface area contributed by atoms with Gasteiger partial charge in [0.05, 0.1) is 0 Å². The summed E-state index contributed by atoms with van der Waals surface area (Å²) in [5.41, 5.74) is 4.29. The van der Waals surface area contributed by atoms with Crippen LogP contribution in [0, 0.1) is 13.8 Å². The number of aryl methyl sites for hydroxylation is 2. The molecule has 0 aliphatic rings. The maximum Gasteiger partial charge on any atom is 0.170 e. The maximum atomic E-state index is 13.4. The van der Waals surface area contributed by atoms with Crippen LogP contribution in [0.25, 0.3) is 0 Å². The first kappa shape index (κ1) is 21.3. The fourth-order valence-corrected chi connectivity index (χ4v) is 3.51. The molecule has 0 aliphatic carbocycles. The number of ether oxygens (including phenoxy) is 1. The minimum absolute atomic E-state index is 0.116. The van der Waals surface area contributed by atoms with Crippen molar-refractivity contribution in [3.8, 4) is 5.75 Å². The number of carboxylic acids is 1. The number of Topliss-reactive ketones (excluding diaryl/α,β-unsaturated/α-hetero) is 1. The van der Waals surface area contributed by atoms with Gasteiger partial charge >= 0.3 is 0 Å². The van der Waals surface area contributed by atoms with Crippen LogP contribution in [-0.4, -0.2) is 11.8 Å². The number of hydrogen-bond acceptors (Lipinski definition) is 4. The molecular weight excluding hydrogens is 376 g/mol. The molecule has 0 bridgehead atoms. The summed E-state index contributed by atoms with van der Waals surface area (Å²) in [5, 5.41) is 11.1. The van der Waals surface area contributed by atoms with Crippen molar-refractivity contribution in [3.05, 3.63) is 101 Å². The minimum atomic E-state index is -1.16. The molecule has 0 aliphatic heterocycles. The van der Waals surface area contributed by atoms with Gasteiger partial charge in [-0.1, -0.05) is 66.7 Å². The van der Waals surface area contributed by atoms with Crippen LogP contribution in [0.5, 0.6) is 5.75 Å². The van der Waals surface area contributed by atoms with Gasteiger partial charge in [0, 0.05) is 17.5 Å². The third-order valence-electron chi connectivity index (χ3n) is 5.23. The molecule has 0 fully saturated rings. The number of carbonyl (C=O) groups is 2. The predicted octanol–water partition coefficient (Wildman–Crippen LogP) is 4.38. The van der Waals surface area contributed by atoms with Gasteiger partial charge in [-0.15, -0.1) is 0 Å². The Morgan fingerprint density at radius 2 is 1.60 bits per heavy atom. The first-order valence-corrected chi connectivity index (χ1v) is 10.0. The maximum absolute atomic E-state index is 13.4. The zero-order valence-corrected chi connectivity index (χ0v) is 17.3. The summed E-state index contributed by atoms with van der Waals surface area (Å²) in [6.45, 7) is 4.27. The van der Waals surface area contributed by atoms with Crippen molar-refractivity contribution in [2.24, 2.45) is 0 Å². The van der Waals surface area contributed by atoms with Crippen LogP contribution in [0.3, 0.4) is 0 Å². The van der Waals surface area contributed by atoms with E-state index in [9.17, 15) is 14.7 Å². The number of rotatable bonds is 9. The normalized spacial score (nSPS) is 11.7. The highest BCUT2D eigenvalue weighted by Crippen LogP contribution is 2.30. The molecule has 0 amide bonds. The van der Waals surface area contributed by atoms with E-state index in [1.54, 1.807) is 12.1 Å². The third kappa shape index (κ3) is 5.35. The summed E-state index contributed by atoms with van der Waals surface area (Å²) in [6, 6.07) is 22.8. The van der Waals surface area contributed by atoms with Crippen molar-refractivity contribution in [1.29, 1.82) is 0 Å². The van der Waals surface area contributed by atoms with E-state index in [0.717, 1.165) is 22.3 Å². The van der Waals surface area contributed by atoms with E-state index in [2.05, 4.69) is 0 Å². The number of benzene rings is 3. The van der Waals surface area contributed by atoms with Gasteiger partial charge in [0.1, 0.15) is 12.4 Å². The zero-order chi connectivity index (χ0) is 21.5. The van der Waals surface area contributed by atoms with E-state index in [1.807, 2.05) is 74.5 Å². The molecule has 3 aromatic carbocycles. The van der Waals surface area contributed by atoms with E-state index < -0.39 is 11.9 Å². The van der Waals surface area contributed by atoms with Crippen LogP contribution in [0.4, 0.5) is 0 Å². The van der Waals surface area contributed by atoms with Crippen molar-refractivity contribution in [2.75, 3.05) is 0 Å². The van der Waals surface area contributed by atoms with Crippen molar-refractivity contribution in [1.82, 2.24) is 0 Å². The summed E-state index contributed by atoms with van der Waals surface area (Å²) >= 11 is 0. The van der Waals surface area contributed by atoms with Crippen LogP contribution in [0.15, 0.2) is 72.8 Å². The lowest BCUT2D eigenvalue weighted by Gasteiger charge is -2.20. The van der Waals surface area contributed by atoms with Gasteiger partial charge < -0.3 is 14.6 Å². The lowest BCUT2D eigenvalue weighted by Crippen LogP contribution is -2.24. The molecule has 30 heavy (non-hydrogen) atoms. The Morgan fingerprint density at radius 3 is 2.30 bits per heavy atom. The summed E-state index contributed by atoms with van der Waals surface area (Å²) in [7, 11) is 0. The summed E-state index contributed by atoms with van der Waals surface area (Å²) in [4.78, 5) is 24.4. The molecular formula is C26H25O4-. The topological polar surface area (TPSA) is 66.4 Å². The second-order valence-electron chi connectivity index (χ2n) is 7.44. The van der Waals surface area contributed by atoms with Crippen LogP contribution in [0.2, 0.25) is 0 Å². The Labute approximate surface area is 177 Å². The molecule has 4 heteroatoms. The average molecular weight is 401 g/mol. The lowest BCUT2D eigenvalue weighted by atomic mass is 9.84. The van der Waals surface area contributed by atoms with Gasteiger partial charge in [0.15, 0.2) is 5.78 Å². The highest BCUT2D eigenvalue weighted by Gasteiger charge is 2.24. The molecule has 3 aromatic rings. The van der Waals surface area contributed by atoms with Gasteiger partial charge in [0.25, 0.3) is 0 Å². The highest BCUT2D eigenvalue weighted by atomic mass is 16.5. The van der Waals surface area contributed by atoms with Gasteiger partial charge in [0.2, 0.25) is 0 Å². The van der Waals surface area contributed by atoms with Crippen molar-refractivity contribution < 1.29 is 19.4 Å². The SMILES string of the molecule is Cc1ccc(C(=O)C(CCC(=O)[O-])c2ccccc2C)cc1OCc1ccccc1. The molecule has 0 aromatic heterocycles. The predicted molar refractivity (Wildman–Crippen MR) is 114 cm³/mol. The largest absolute Gasteiger partial charge is 0.550 e. The van der Waals surface area contributed by atoms with Crippen LogP contribution in [-0.2, 0) is 11.4 Å². The first-order chi connectivity index (χ1) is 14.5. The second-order valence-corrected chi connectivity index (χ2v) is 7.44. The second kappa shape index (κ2) is 9.88. The number of carbonyl (C=O) groups excluding carboxylic acids is 2. The molecule has 0 saturated heterocycles. The highest BCUT2D eigenvalue weighted by molar-refractivity contribution is 6.01. The smallest absolute Gasteiger partial charge is 0.170 e. The molecule has 0 saturated carbocycles. The van der Waals surface area contributed by atoms with Crippen LogP contribution < -0.4 is 9.84 Å². The van der Waals surface area contributed by atoms with E-state index in [0.29, 0.717) is 17.9 Å². The summed E-state index contributed by atoms with van der Waals surface area (Å²) in [5.74, 6) is -1.17. The number of ketones is 1. The van der Waals surface area contributed by atoms with Gasteiger partial charge in [-0.25, -0.2) is 0 Å².